The van der Waals surface area contributed by atoms with Crippen LogP contribution >= 0.6 is 0 Å². The Labute approximate surface area is 159 Å². The lowest BCUT2D eigenvalue weighted by molar-refractivity contribution is -0.137. The van der Waals surface area contributed by atoms with Gasteiger partial charge in [-0.2, -0.15) is 18.3 Å². The predicted octanol–water partition coefficient (Wildman–Crippen LogP) is 4.52. The van der Waals surface area contributed by atoms with Crippen LogP contribution in [-0.4, -0.2) is 22.8 Å². The van der Waals surface area contributed by atoms with E-state index in [1.807, 2.05) is 0 Å². The van der Waals surface area contributed by atoms with E-state index in [0.29, 0.717) is 28.1 Å². The molecule has 5 nitrogen and oxygen atoms in total. The summed E-state index contributed by atoms with van der Waals surface area (Å²) in [6.45, 7) is 1.93. The van der Waals surface area contributed by atoms with Gasteiger partial charge in [0.25, 0.3) is 5.91 Å². The highest BCUT2D eigenvalue weighted by Crippen LogP contribution is 2.29. The van der Waals surface area contributed by atoms with E-state index < -0.39 is 11.7 Å². The molecule has 1 N–H and O–H groups in total. The lowest BCUT2D eigenvalue weighted by Gasteiger charge is -2.10. The van der Waals surface area contributed by atoms with Crippen LogP contribution in [0.2, 0.25) is 0 Å². The molecule has 0 aliphatic carbocycles. The number of nitrogens with one attached hydrogen (secondary N) is 1. The van der Waals surface area contributed by atoms with E-state index >= 15 is 0 Å². The first-order chi connectivity index (χ1) is 13.3. The van der Waals surface area contributed by atoms with Crippen LogP contribution in [0.5, 0.6) is 5.75 Å². The summed E-state index contributed by atoms with van der Waals surface area (Å²) in [5.41, 5.74) is 1.36. The highest BCUT2D eigenvalue weighted by atomic mass is 19.4. The Morgan fingerprint density at radius 2 is 1.96 bits per heavy atom. The van der Waals surface area contributed by atoms with Gasteiger partial charge >= 0.3 is 6.18 Å². The van der Waals surface area contributed by atoms with Gasteiger partial charge < -0.3 is 10.1 Å². The summed E-state index contributed by atoms with van der Waals surface area (Å²) >= 11 is 0. The van der Waals surface area contributed by atoms with Crippen LogP contribution in [0.1, 0.15) is 27.0 Å². The molecule has 1 heterocycles. The first-order valence-corrected chi connectivity index (χ1v) is 8.41. The van der Waals surface area contributed by atoms with Crippen molar-refractivity contribution in [2.24, 2.45) is 0 Å². The number of benzene rings is 2. The Balaban J connectivity index is 1.72. The molecule has 2 aromatic carbocycles. The molecule has 0 radical (unpaired) electrons. The molecule has 1 amide bonds. The Morgan fingerprint density at radius 3 is 2.68 bits per heavy atom. The molecule has 8 heteroatoms. The third-order valence-corrected chi connectivity index (χ3v) is 4.24. The van der Waals surface area contributed by atoms with E-state index in [-0.39, 0.29) is 12.5 Å². The van der Waals surface area contributed by atoms with Crippen molar-refractivity contribution in [3.05, 3.63) is 77.1 Å². The van der Waals surface area contributed by atoms with Crippen LogP contribution in [0.15, 0.2) is 54.9 Å². The van der Waals surface area contributed by atoms with Crippen molar-refractivity contribution in [2.45, 2.75) is 19.6 Å². The molecule has 0 bridgehead atoms. The summed E-state index contributed by atoms with van der Waals surface area (Å²) in [7, 11) is 1.53. The SMILES string of the molecule is COc1cccc(C(=O)Nc2cnn(Cc3cccc(C(F)(F)F)c3)c2)c1C. The summed E-state index contributed by atoms with van der Waals surface area (Å²) in [5.74, 6) is 0.280. The van der Waals surface area contributed by atoms with Crippen LogP contribution in [0.25, 0.3) is 0 Å². The molecule has 0 saturated heterocycles. The zero-order chi connectivity index (χ0) is 20.3. The first-order valence-electron chi connectivity index (χ1n) is 8.41. The summed E-state index contributed by atoms with van der Waals surface area (Å²) in [6.07, 6.45) is -1.39. The van der Waals surface area contributed by atoms with Crippen molar-refractivity contribution < 1.29 is 22.7 Å². The number of carbonyl (C=O) groups is 1. The molecule has 3 rings (SSSR count). The Kier molecular flexibility index (Phi) is 5.39. The topological polar surface area (TPSA) is 56.1 Å². The van der Waals surface area contributed by atoms with Crippen LogP contribution < -0.4 is 10.1 Å². The molecular weight excluding hydrogens is 371 g/mol. The second-order valence-electron chi connectivity index (χ2n) is 6.21. The third kappa shape index (κ3) is 4.33. The predicted molar refractivity (Wildman–Crippen MR) is 98.5 cm³/mol. The molecule has 0 aliphatic heterocycles. The highest BCUT2D eigenvalue weighted by Gasteiger charge is 2.30. The number of methoxy groups -OCH3 is 1. The van der Waals surface area contributed by atoms with Gasteiger partial charge in [0.15, 0.2) is 0 Å². The number of carbonyl (C=O) groups excluding carboxylic acids is 1. The molecule has 0 unspecified atom stereocenters. The zero-order valence-electron chi connectivity index (χ0n) is 15.2. The molecule has 0 fully saturated rings. The van der Waals surface area contributed by atoms with Gasteiger partial charge in [-0.15, -0.1) is 0 Å². The molecule has 0 aliphatic rings. The fourth-order valence-corrected chi connectivity index (χ4v) is 2.83. The monoisotopic (exact) mass is 389 g/mol. The van der Waals surface area contributed by atoms with Crippen molar-refractivity contribution in [1.82, 2.24) is 9.78 Å². The molecule has 3 aromatic rings. The van der Waals surface area contributed by atoms with E-state index in [4.69, 9.17) is 4.74 Å². The summed E-state index contributed by atoms with van der Waals surface area (Å²) in [4.78, 5) is 12.5. The number of rotatable bonds is 5. The smallest absolute Gasteiger partial charge is 0.416 e. The fraction of sp³-hybridized carbons (Fsp3) is 0.200. The standard InChI is InChI=1S/C20H18F3N3O2/c1-13-17(7-4-8-18(13)28-2)19(27)25-16-10-24-26(12-16)11-14-5-3-6-15(9-14)20(21,22)23/h3-10,12H,11H2,1-2H3,(H,25,27). The van der Waals surface area contributed by atoms with E-state index in [1.165, 1.54) is 24.1 Å². The number of amides is 1. The van der Waals surface area contributed by atoms with E-state index in [9.17, 15) is 18.0 Å². The molecule has 0 atom stereocenters. The number of ether oxygens (including phenoxy) is 1. The molecule has 146 valence electrons. The molecule has 0 spiro atoms. The van der Waals surface area contributed by atoms with Crippen LogP contribution in [0, 0.1) is 6.92 Å². The van der Waals surface area contributed by atoms with Gasteiger partial charge in [-0.1, -0.05) is 18.2 Å². The van der Waals surface area contributed by atoms with E-state index in [1.54, 1.807) is 37.4 Å². The average molecular weight is 389 g/mol. The number of alkyl halides is 3. The Hall–Kier alpha value is -3.29. The lowest BCUT2D eigenvalue weighted by Crippen LogP contribution is -2.13. The quantitative estimate of drug-likeness (QED) is 0.698. The number of halogens is 3. The minimum absolute atomic E-state index is 0.151. The second-order valence-corrected chi connectivity index (χ2v) is 6.21. The zero-order valence-corrected chi connectivity index (χ0v) is 15.2. The molecule has 0 saturated carbocycles. The van der Waals surface area contributed by atoms with Gasteiger partial charge in [-0.05, 0) is 36.8 Å². The Bertz CT molecular complexity index is 996. The number of nitrogens with zero attached hydrogens (tertiary/aromatic N) is 2. The normalized spacial score (nSPS) is 11.3. The minimum Gasteiger partial charge on any atom is -0.496 e. The van der Waals surface area contributed by atoms with Gasteiger partial charge in [-0.25, -0.2) is 0 Å². The van der Waals surface area contributed by atoms with Gasteiger partial charge in [-0.3, -0.25) is 9.48 Å². The first kappa shape index (κ1) is 19.5. The van der Waals surface area contributed by atoms with Crippen molar-refractivity contribution in [3.63, 3.8) is 0 Å². The summed E-state index contributed by atoms with van der Waals surface area (Å²) in [5, 5.41) is 6.84. The number of anilines is 1. The minimum atomic E-state index is -4.39. The van der Waals surface area contributed by atoms with Crippen LogP contribution in [0.4, 0.5) is 18.9 Å². The molecular formula is C20H18F3N3O2. The maximum atomic E-state index is 12.8. The fourth-order valence-electron chi connectivity index (χ4n) is 2.83. The number of aromatic nitrogens is 2. The summed E-state index contributed by atoms with van der Waals surface area (Å²) in [6, 6.07) is 10.2. The summed E-state index contributed by atoms with van der Waals surface area (Å²) < 4.78 is 45.1. The molecule has 1 aromatic heterocycles. The highest BCUT2D eigenvalue weighted by molar-refractivity contribution is 6.05. The molecule has 28 heavy (non-hydrogen) atoms. The van der Waals surface area contributed by atoms with Gasteiger partial charge in [0.05, 0.1) is 31.1 Å². The van der Waals surface area contributed by atoms with Crippen LogP contribution in [-0.2, 0) is 12.7 Å². The maximum absolute atomic E-state index is 12.8. The second kappa shape index (κ2) is 7.75. The van der Waals surface area contributed by atoms with E-state index in [0.717, 1.165) is 12.1 Å². The van der Waals surface area contributed by atoms with Crippen molar-refractivity contribution in [3.8, 4) is 5.75 Å². The maximum Gasteiger partial charge on any atom is 0.416 e. The van der Waals surface area contributed by atoms with Gasteiger partial charge in [0.1, 0.15) is 5.75 Å². The average Bonchev–Trinajstić information content (AvgIpc) is 3.08. The van der Waals surface area contributed by atoms with Crippen LogP contribution in [0.3, 0.4) is 0 Å². The lowest BCUT2D eigenvalue weighted by atomic mass is 10.1. The largest absolute Gasteiger partial charge is 0.496 e. The van der Waals surface area contributed by atoms with Crippen molar-refractivity contribution >= 4 is 11.6 Å². The number of hydrogen-bond donors (Lipinski definition) is 1. The van der Waals surface area contributed by atoms with Crippen molar-refractivity contribution in [1.29, 1.82) is 0 Å². The Morgan fingerprint density at radius 1 is 1.21 bits per heavy atom. The van der Waals surface area contributed by atoms with Crippen molar-refractivity contribution in [2.75, 3.05) is 12.4 Å². The number of hydrogen-bond acceptors (Lipinski definition) is 3. The van der Waals surface area contributed by atoms with Gasteiger partial charge in [0, 0.05) is 17.3 Å². The van der Waals surface area contributed by atoms with E-state index in [2.05, 4.69) is 10.4 Å². The van der Waals surface area contributed by atoms with Gasteiger partial charge in [0.2, 0.25) is 0 Å². The third-order valence-electron chi connectivity index (χ3n) is 4.24.